The second-order valence-corrected chi connectivity index (χ2v) is 4.37. The van der Waals surface area contributed by atoms with Crippen LogP contribution in [0.1, 0.15) is 12.5 Å². The lowest BCUT2D eigenvalue weighted by atomic mass is 10.2. The molecule has 0 radical (unpaired) electrons. The SMILES string of the molecule is CC(=Cc1ccc(Cl)cc1)N1CCOCC1. The predicted molar refractivity (Wildman–Crippen MR) is 67.5 cm³/mol. The molecule has 2 nitrogen and oxygen atoms in total. The second kappa shape index (κ2) is 5.37. The lowest BCUT2D eigenvalue weighted by molar-refractivity contribution is 0.0542. The highest BCUT2D eigenvalue weighted by atomic mass is 35.5. The summed E-state index contributed by atoms with van der Waals surface area (Å²) in [5, 5.41) is 0.779. The fraction of sp³-hybridized carbons (Fsp3) is 0.385. The average Bonchev–Trinajstić information content (AvgIpc) is 2.33. The third-order valence-electron chi connectivity index (χ3n) is 2.76. The highest BCUT2D eigenvalue weighted by Crippen LogP contribution is 2.15. The van der Waals surface area contributed by atoms with Gasteiger partial charge in [0.25, 0.3) is 0 Å². The highest BCUT2D eigenvalue weighted by Gasteiger charge is 2.09. The van der Waals surface area contributed by atoms with Crippen molar-refractivity contribution in [3.05, 3.63) is 40.5 Å². The molecule has 0 saturated carbocycles. The summed E-state index contributed by atoms with van der Waals surface area (Å²) < 4.78 is 5.33. The normalized spacial score (nSPS) is 17.6. The Hall–Kier alpha value is -0.990. The van der Waals surface area contributed by atoms with Crippen molar-refractivity contribution < 1.29 is 4.74 Å². The fourth-order valence-corrected chi connectivity index (χ4v) is 1.93. The van der Waals surface area contributed by atoms with Gasteiger partial charge in [0.05, 0.1) is 13.2 Å². The van der Waals surface area contributed by atoms with Crippen LogP contribution < -0.4 is 0 Å². The average molecular weight is 238 g/mol. The third-order valence-corrected chi connectivity index (χ3v) is 3.01. The first-order chi connectivity index (χ1) is 7.75. The largest absolute Gasteiger partial charge is 0.378 e. The molecule has 1 saturated heterocycles. The predicted octanol–water partition coefficient (Wildman–Crippen LogP) is 3.03. The summed E-state index contributed by atoms with van der Waals surface area (Å²) in [7, 11) is 0. The topological polar surface area (TPSA) is 12.5 Å². The molecule has 0 spiro atoms. The molecule has 0 atom stereocenters. The minimum absolute atomic E-state index is 0.779. The summed E-state index contributed by atoms with van der Waals surface area (Å²) in [6.07, 6.45) is 2.18. The molecule has 1 aliphatic heterocycles. The number of rotatable bonds is 2. The number of nitrogens with zero attached hydrogens (tertiary/aromatic N) is 1. The van der Waals surface area contributed by atoms with Crippen molar-refractivity contribution in [1.29, 1.82) is 0 Å². The highest BCUT2D eigenvalue weighted by molar-refractivity contribution is 6.30. The zero-order valence-corrected chi connectivity index (χ0v) is 10.2. The molecule has 0 N–H and O–H groups in total. The summed E-state index contributed by atoms with van der Waals surface area (Å²) >= 11 is 5.85. The summed E-state index contributed by atoms with van der Waals surface area (Å²) in [5.74, 6) is 0. The maximum absolute atomic E-state index is 5.85. The van der Waals surface area contributed by atoms with E-state index in [4.69, 9.17) is 16.3 Å². The Morgan fingerprint density at radius 3 is 2.50 bits per heavy atom. The number of hydrogen-bond donors (Lipinski definition) is 0. The van der Waals surface area contributed by atoms with Gasteiger partial charge in [0.1, 0.15) is 0 Å². The van der Waals surface area contributed by atoms with E-state index in [9.17, 15) is 0 Å². The minimum atomic E-state index is 0.779. The van der Waals surface area contributed by atoms with Crippen LogP contribution in [0.3, 0.4) is 0 Å². The molecule has 1 aliphatic rings. The summed E-state index contributed by atoms with van der Waals surface area (Å²) in [6, 6.07) is 7.90. The third kappa shape index (κ3) is 3.00. The van der Waals surface area contributed by atoms with Gasteiger partial charge in [-0.3, -0.25) is 0 Å². The van der Waals surface area contributed by atoms with Crippen LogP contribution in [-0.2, 0) is 4.74 Å². The molecule has 0 aromatic heterocycles. The van der Waals surface area contributed by atoms with Gasteiger partial charge < -0.3 is 9.64 Å². The van der Waals surface area contributed by atoms with E-state index in [1.165, 1.54) is 11.3 Å². The van der Waals surface area contributed by atoms with Gasteiger partial charge in [-0.25, -0.2) is 0 Å². The first kappa shape index (κ1) is 11.5. The van der Waals surface area contributed by atoms with Gasteiger partial charge in [-0.1, -0.05) is 23.7 Å². The van der Waals surface area contributed by atoms with Crippen LogP contribution in [0.15, 0.2) is 30.0 Å². The first-order valence-corrected chi connectivity index (χ1v) is 5.90. The molecule has 0 bridgehead atoms. The van der Waals surface area contributed by atoms with E-state index < -0.39 is 0 Å². The van der Waals surface area contributed by atoms with Crippen LogP contribution >= 0.6 is 11.6 Å². The van der Waals surface area contributed by atoms with Crippen LogP contribution in [-0.4, -0.2) is 31.2 Å². The Balaban J connectivity index is 2.07. The number of allylic oxidation sites excluding steroid dienone is 1. The summed E-state index contributed by atoms with van der Waals surface area (Å²) in [4.78, 5) is 2.35. The molecular weight excluding hydrogens is 222 g/mol. The summed E-state index contributed by atoms with van der Waals surface area (Å²) in [5.41, 5.74) is 2.47. The summed E-state index contributed by atoms with van der Waals surface area (Å²) in [6.45, 7) is 5.75. The number of benzene rings is 1. The van der Waals surface area contributed by atoms with Crippen LogP contribution in [0.2, 0.25) is 5.02 Å². The Kier molecular flexibility index (Phi) is 3.86. The Bertz CT molecular complexity index is 366. The molecule has 16 heavy (non-hydrogen) atoms. The van der Waals surface area contributed by atoms with E-state index in [0.29, 0.717) is 0 Å². The van der Waals surface area contributed by atoms with E-state index in [0.717, 1.165) is 31.3 Å². The number of ether oxygens (including phenoxy) is 1. The van der Waals surface area contributed by atoms with Crippen molar-refractivity contribution in [3.8, 4) is 0 Å². The standard InChI is InChI=1S/C13H16ClNO/c1-11(15-6-8-16-9-7-15)10-12-2-4-13(14)5-3-12/h2-5,10H,6-9H2,1H3. The first-order valence-electron chi connectivity index (χ1n) is 5.52. The number of halogens is 1. The van der Waals surface area contributed by atoms with Crippen molar-refractivity contribution in [2.24, 2.45) is 0 Å². The van der Waals surface area contributed by atoms with E-state index >= 15 is 0 Å². The Morgan fingerprint density at radius 2 is 1.88 bits per heavy atom. The zero-order valence-electron chi connectivity index (χ0n) is 9.45. The van der Waals surface area contributed by atoms with Crippen LogP contribution in [0.25, 0.3) is 6.08 Å². The lowest BCUT2D eigenvalue weighted by Gasteiger charge is -2.29. The van der Waals surface area contributed by atoms with Crippen molar-refractivity contribution in [1.82, 2.24) is 4.90 Å². The van der Waals surface area contributed by atoms with E-state index in [1.807, 2.05) is 24.3 Å². The molecule has 0 unspecified atom stereocenters. The molecule has 2 rings (SSSR count). The fourth-order valence-electron chi connectivity index (χ4n) is 1.81. The van der Waals surface area contributed by atoms with Gasteiger partial charge in [0.2, 0.25) is 0 Å². The van der Waals surface area contributed by atoms with E-state index in [1.54, 1.807) is 0 Å². The quantitative estimate of drug-likeness (QED) is 0.784. The van der Waals surface area contributed by atoms with Gasteiger partial charge in [-0.2, -0.15) is 0 Å². The van der Waals surface area contributed by atoms with Crippen molar-refractivity contribution in [3.63, 3.8) is 0 Å². The Labute approximate surface area is 101 Å². The zero-order chi connectivity index (χ0) is 11.4. The van der Waals surface area contributed by atoms with Gasteiger partial charge in [0.15, 0.2) is 0 Å². The van der Waals surface area contributed by atoms with Crippen molar-refractivity contribution in [2.45, 2.75) is 6.92 Å². The lowest BCUT2D eigenvalue weighted by Crippen LogP contribution is -2.34. The van der Waals surface area contributed by atoms with Gasteiger partial charge in [-0.05, 0) is 30.7 Å². The maximum Gasteiger partial charge on any atom is 0.0642 e. The van der Waals surface area contributed by atoms with Gasteiger partial charge in [0, 0.05) is 23.8 Å². The Morgan fingerprint density at radius 1 is 1.25 bits per heavy atom. The van der Waals surface area contributed by atoms with E-state index in [2.05, 4.69) is 17.9 Å². The van der Waals surface area contributed by atoms with Crippen LogP contribution in [0.4, 0.5) is 0 Å². The smallest absolute Gasteiger partial charge is 0.0642 e. The molecular formula is C13H16ClNO. The molecule has 1 heterocycles. The molecule has 1 aromatic rings. The minimum Gasteiger partial charge on any atom is -0.378 e. The van der Waals surface area contributed by atoms with Gasteiger partial charge >= 0.3 is 0 Å². The second-order valence-electron chi connectivity index (χ2n) is 3.94. The molecule has 1 fully saturated rings. The van der Waals surface area contributed by atoms with Crippen molar-refractivity contribution in [2.75, 3.05) is 26.3 Å². The monoisotopic (exact) mass is 237 g/mol. The molecule has 0 aliphatic carbocycles. The van der Waals surface area contributed by atoms with Gasteiger partial charge in [-0.15, -0.1) is 0 Å². The van der Waals surface area contributed by atoms with Crippen LogP contribution in [0, 0.1) is 0 Å². The van der Waals surface area contributed by atoms with E-state index in [-0.39, 0.29) is 0 Å². The maximum atomic E-state index is 5.85. The molecule has 86 valence electrons. The number of hydrogen-bond acceptors (Lipinski definition) is 2. The number of morpholine rings is 1. The van der Waals surface area contributed by atoms with Crippen molar-refractivity contribution >= 4 is 17.7 Å². The molecule has 3 heteroatoms. The molecule has 1 aromatic carbocycles. The van der Waals surface area contributed by atoms with Crippen LogP contribution in [0.5, 0.6) is 0 Å². The molecule has 0 amide bonds.